The van der Waals surface area contributed by atoms with Crippen molar-refractivity contribution in [3.63, 3.8) is 0 Å². The number of hydrogen-bond donors (Lipinski definition) is 3. The van der Waals surface area contributed by atoms with Gasteiger partial charge in [0.15, 0.2) is 5.82 Å². The van der Waals surface area contributed by atoms with Crippen LogP contribution in [0.4, 0.5) is 23.1 Å². The predicted molar refractivity (Wildman–Crippen MR) is 139 cm³/mol. The van der Waals surface area contributed by atoms with Gasteiger partial charge in [-0.25, -0.2) is 4.98 Å². The zero-order chi connectivity index (χ0) is 25.1. The van der Waals surface area contributed by atoms with Gasteiger partial charge in [0.05, 0.1) is 19.0 Å². The maximum Gasteiger partial charge on any atom is 0.251 e. The highest BCUT2D eigenvalue weighted by atomic mass is 16.5. The van der Waals surface area contributed by atoms with Crippen molar-refractivity contribution in [3.8, 4) is 5.75 Å². The van der Waals surface area contributed by atoms with Crippen molar-refractivity contribution in [2.75, 3.05) is 48.9 Å². The summed E-state index contributed by atoms with van der Waals surface area (Å²) in [4.78, 5) is 38.7. The number of nitrogens with one attached hydrogen (secondary N) is 3. The first kappa shape index (κ1) is 24.3. The van der Waals surface area contributed by atoms with Gasteiger partial charge in [-0.1, -0.05) is 12.8 Å². The number of rotatable bonds is 6. The largest absolute Gasteiger partial charge is 0.495 e. The Morgan fingerprint density at radius 1 is 1.19 bits per heavy atom. The fraction of sp³-hybridized carbons (Fsp3) is 0.538. The molecule has 1 saturated carbocycles. The van der Waals surface area contributed by atoms with Crippen molar-refractivity contribution >= 4 is 35.0 Å². The second-order valence-corrected chi connectivity index (χ2v) is 9.79. The molecular formula is C26H35N7O3. The summed E-state index contributed by atoms with van der Waals surface area (Å²) in [7, 11) is 3.36. The van der Waals surface area contributed by atoms with Crippen LogP contribution in [0.2, 0.25) is 0 Å². The lowest BCUT2D eigenvalue weighted by Gasteiger charge is -2.30. The first-order valence-corrected chi connectivity index (χ1v) is 12.9. The summed E-state index contributed by atoms with van der Waals surface area (Å²) in [6.07, 6.45) is 8.82. The summed E-state index contributed by atoms with van der Waals surface area (Å²) in [5.41, 5.74) is 1.93. The van der Waals surface area contributed by atoms with Gasteiger partial charge in [-0.15, -0.1) is 0 Å². The first-order valence-electron chi connectivity index (χ1n) is 12.9. The number of benzene rings is 1. The van der Waals surface area contributed by atoms with Crippen LogP contribution in [0.25, 0.3) is 0 Å². The number of amides is 2. The van der Waals surface area contributed by atoms with E-state index in [-0.39, 0.29) is 17.9 Å². The maximum atomic E-state index is 12.8. The third kappa shape index (κ3) is 5.09. The summed E-state index contributed by atoms with van der Waals surface area (Å²) < 4.78 is 5.59. The second kappa shape index (κ2) is 10.7. The van der Waals surface area contributed by atoms with E-state index in [1.165, 1.54) is 12.8 Å². The molecule has 0 unspecified atom stereocenters. The van der Waals surface area contributed by atoms with Crippen LogP contribution in [0, 0.1) is 0 Å². The Balaban J connectivity index is 1.38. The number of piperidine rings is 1. The number of methoxy groups -OCH3 is 1. The third-order valence-corrected chi connectivity index (χ3v) is 7.43. The van der Waals surface area contributed by atoms with E-state index >= 15 is 0 Å². The molecule has 1 aromatic heterocycles. The van der Waals surface area contributed by atoms with E-state index in [2.05, 4.69) is 25.8 Å². The molecule has 2 fully saturated rings. The molecule has 192 valence electrons. The van der Waals surface area contributed by atoms with Crippen LogP contribution in [-0.2, 0) is 4.79 Å². The molecule has 2 amide bonds. The van der Waals surface area contributed by atoms with Crippen LogP contribution < -0.4 is 30.5 Å². The van der Waals surface area contributed by atoms with E-state index in [0.29, 0.717) is 42.0 Å². The van der Waals surface area contributed by atoms with Crippen molar-refractivity contribution in [2.24, 2.45) is 0 Å². The Morgan fingerprint density at radius 2 is 2.03 bits per heavy atom. The molecule has 3 N–H and O–H groups in total. The van der Waals surface area contributed by atoms with E-state index in [0.717, 1.165) is 50.3 Å². The highest BCUT2D eigenvalue weighted by Gasteiger charge is 2.31. The summed E-state index contributed by atoms with van der Waals surface area (Å²) in [5, 5.41) is 9.67. The van der Waals surface area contributed by atoms with E-state index < -0.39 is 0 Å². The minimum atomic E-state index is -0.116. The van der Waals surface area contributed by atoms with Gasteiger partial charge in [-0.3, -0.25) is 9.59 Å². The van der Waals surface area contributed by atoms with Crippen LogP contribution in [0.1, 0.15) is 55.3 Å². The quantitative estimate of drug-likeness (QED) is 0.563. The average molecular weight is 494 g/mol. The highest BCUT2D eigenvalue weighted by molar-refractivity contribution is 5.97. The molecule has 5 rings (SSSR count). The number of nitrogens with zero attached hydrogens (tertiary/aromatic N) is 4. The maximum absolute atomic E-state index is 12.8. The van der Waals surface area contributed by atoms with E-state index in [1.54, 1.807) is 37.4 Å². The zero-order valence-electron chi connectivity index (χ0n) is 21.0. The van der Waals surface area contributed by atoms with Gasteiger partial charge in [-0.2, -0.15) is 4.98 Å². The number of anilines is 4. The molecule has 1 saturated heterocycles. The molecule has 0 radical (unpaired) electrons. The number of fused-ring (bicyclic) bond motifs is 1. The van der Waals surface area contributed by atoms with Crippen LogP contribution >= 0.6 is 0 Å². The summed E-state index contributed by atoms with van der Waals surface area (Å²) in [6, 6.07) is 5.84. The molecular weight excluding hydrogens is 458 g/mol. The molecule has 0 bridgehead atoms. The molecule has 1 atom stereocenters. The number of carbonyl (C=O) groups excluding carboxylic acids is 2. The Bertz CT molecular complexity index is 1110. The number of ether oxygens (including phenoxy) is 1. The fourth-order valence-electron chi connectivity index (χ4n) is 5.37. The molecule has 1 aliphatic carbocycles. The molecule has 10 heteroatoms. The zero-order valence-corrected chi connectivity index (χ0v) is 21.0. The summed E-state index contributed by atoms with van der Waals surface area (Å²) in [6.45, 7) is 2.44. The van der Waals surface area contributed by atoms with Crippen LogP contribution in [0.3, 0.4) is 0 Å². The molecule has 0 spiro atoms. The second-order valence-electron chi connectivity index (χ2n) is 9.79. The minimum Gasteiger partial charge on any atom is -0.495 e. The van der Waals surface area contributed by atoms with E-state index in [9.17, 15) is 9.59 Å². The molecule has 1 aromatic carbocycles. The molecule has 36 heavy (non-hydrogen) atoms. The lowest BCUT2D eigenvalue weighted by molar-refractivity contribution is -0.118. The molecule has 10 nitrogen and oxygen atoms in total. The van der Waals surface area contributed by atoms with Crippen LogP contribution in [0.5, 0.6) is 5.75 Å². The molecule has 3 aliphatic rings. The predicted octanol–water partition coefficient (Wildman–Crippen LogP) is 2.83. The van der Waals surface area contributed by atoms with E-state index in [4.69, 9.17) is 9.72 Å². The van der Waals surface area contributed by atoms with Gasteiger partial charge in [0, 0.05) is 44.2 Å². The van der Waals surface area contributed by atoms with E-state index in [1.807, 2.05) is 6.07 Å². The smallest absolute Gasteiger partial charge is 0.251 e. The van der Waals surface area contributed by atoms with Gasteiger partial charge in [0.25, 0.3) is 5.91 Å². The van der Waals surface area contributed by atoms with Gasteiger partial charge < -0.3 is 30.5 Å². The normalized spacial score (nSPS) is 20.6. The van der Waals surface area contributed by atoms with Crippen LogP contribution in [-0.4, -0.2) is 67.7 Å². The minimum absolute atomic E-state index is 0.0700. The Morgan fingerprint density at radius 3 is 2.78 bits per heavy atom. The first-order chi connectivity index (χ1) is 17.5. The Kier molecular flexibility index (Phi) is 7.22. The van der Waals surface area contributed by atoms with Crippen molar-refractivity contribution in [3.05, 3.63) is 30.0 Å². The van der Waals surface area contributed by atoms with Gasteiger partial charge >= 0.3 is 0 Å². The average Bonchev–Trinajstić information content (AvgIpc) is 3.40. The Hall–Kier alpha value is -3.40. The SMILES string of the molecule is COc1cc(C(=O)N[C@H]2CCCNC2)ccc1Nc1ncc2c(n1)N(C1CCCC1)CCC(=O)N2C. The summed E-state index contributed by atoms with van der Waals surface area (Å²) in [5.74, 6) is 1.69. The van der Waals surface area contributed by atoms with Crippen molar-refractivity contribution in [1.82, 2.24) is 20.6 Å². The third-order valence-electron chi connectivity index (χ3n) is 7.43. The topological polar surface area (TPSA) is 112 Å². The van der Waals surface area contributed by atoms with Gasteiger partial charge in [0.1, 0.15) is 11.4 Å². The lowest BCUT2D eigenvalue weighted by Crippen LogP contribution is -2.45. The molecule has 3 heterocycles. The van der Waals surface area contributed by atoms with Gasteiger partial charge in [0.2, 0.25) is 11.9 Å². The number of carbonyl (C=O) groups is 2. The Labute approximate surface area is 211 Å². The van der Waals surface area contributed by atoms with Crippen molar-refractivity contribution < 1.29 is 14.3 Å². The van der Waals surface area contributed by atoms with Crippen molar-refractivity contribution in [2.45, 2.75) is 57.0 Å². The summed E-state index contributed by atoms with van der Waals surface area (Å²) >= 11 is 0. The van der Waals surface area contributed by atoms with Crippen LogP contribution in [0.15, 0.2) is 24.4 Å². The lowest BCUT2D eigenvalue weighted by atomic mass is 10.1. The monoisotopic (exact) mass is 493 g/mol. The van der Waals surface area contributed by atoms with Crippen molar-refractivity contribution in [1.29, 1.82) is 0 Å². The van der Waals surface area contributed by atoms with Gasteiger partial charge in [-0.05, 0) is 50.4 Å². The molecule has 2 aliphatic heterocycles. The number of aromatic nitrogens is 2. The fourth-order valence-corrected chi connectivity index (χ4v) is 5.37. The number of hydrogen-bond acceptors (Lipinski definition) is 8. The standard InChI is InChI=1S/C26H35N7O3/c1-32-21-16-28-26(31-24(21)33(13-11-23(32)34)19-7-3-4-8-19)30-20-10-9-17(14-22(20)36-2)25(35)29-18-6-5-12-27-15-18/h9-10,14,16,18-19,27H,3-8,11-13,15H2,1-2H3,(H,29,35)(H,28,30,31)/t18-/m0/s1. The highest BCUT2D eigenvalue weighted by Crippen LogP contribution is 2.37. The molecule has 2 aromatic rings.